The smallest absolute Gasteiger partial charge is 0.258 e. The molecule has 0 radical (unpaired) electrons. The predicted octanol–water partition coefficient (Wildman–Crippen LogP) is 0.196. The summed E-state index contributed by atoms with van der Waals surface area (Å²) in [5, 5.41) is 6.56. The Morgan fingerprint density at radius 1 is 1.35 bits per heavy atom. The third-order valence-corrected chi connectivity index (χ3v) is 3.44. The number of anilines is 2. The van der Waals surface area contributed by atoms with E-state index in [2.05, 4.69) is 20.6 Å². The van der Waals surface area contributed by atoms with E-state index >= 15 is 0 Å². The molecule has 2 heterocycles. The van der Waals surface area contributed by atoms with Crippen LogP contribution in [0.1, 0.15) is 12.8 Å². The van der Waals surface area contributed by atoms with Gasteiger partial charge in [-0.15, -0.1) is 0 Å². The van der Waals surface area contributed by atoms with E-state index in [-0.39, 0.29) is 17.5 Å². The fourth-order valence-electron chi connectivity index (χ4n) is 2.33. The Labute approximate surface area is 114 Å². The molecule has 0 bridgehead atoms. The molecule has 1 aliphatic heterocycles. The Balaban J connectivity index is 1.90. The number of nitrogens with one attached hydrogen (secondary N) is 3. The number of carbonyl (C=O) groups excluding carboxylic acids is 1. The predicted molar refractivity (Wildman–Crippen MR) is 76.4 cm³/mol. The van der Waals surface area contributed by atoms with Crippen molar-refractivity contribution in [1.29, 1.82) is 0 Å². The van der Waals surface area contributed by atoms with Crippen molar-refractivity contribution in [3.8, 4) is 0 Å². The van der Waals surface area contributed by atoms with Gasteiger partial charge in [-0.25, -0.2) is 4.98 Å². The van der Waals surface area contributed by atoms with Crippen molar-refractivity contribution >= 4 is 28.2 Å². The maximum atomic E-state index is 11.6. The molecule has 3 rings (SSSR count). The zero-order valence-corrected chi connectivity index (χ0v) is 10.8. The summed E-state index contributed by atoms with van der Waals surface area (Å²) < 4.78 is 0. The molecule has 2 aromatic rings. The first kappa shape index (κ1) is 12.5. The lowest BCUT2D eigenvalue weighted by atomic mass is 10.1. The van der Waals surface area contributed by atoms with Crippen molar-refractivity contribution in [2.24, 2.45) is 0 Å². The zero-order chi connectivity index (χ0) is 14.1. The number of nitrogens with two attached hydrogens (primary N) is 1. The zero-order valence-electron chi connectivity index (χ0n) is 10.8. The van der Waals surface area contributed by atoms with Crippen LogP contribution in [0.25, 0.3) is 10.9 Å². The van der Waals surface area contributed by atoms with Crippen molar-refractivity contribution in [1.82, 2.24) is 15.3 Å². The van der Waals surface area contributed by atoms with Gasteiger partial charge in [-0.3, -0.25) is 9.59 Å². The molecule has 1 unspecified atom stereocenters. The fraction of sp³-hybridized carbons (Fsp3) is 0.308. The highest BCUT2D eigenvalue weighted by molar-refractivity contribution is 5.88. The first-order valence-electron chi connectivity index (χ1n) is 6.43. The van der Waals surface area contributed by atoms with E-state index in [1.807, 2.05) is 0 Å². The standard InChI is InChI=1S/C13H15N5O2/c14-9-3-8-10(16-6-17-13(8)20)4-11(9)18-7-1-2-12(19)15-5-7/h3-4,6-7,18H,1-2,5,14H2,(H,15,19)(H,16,17,20). The minimum absolute atomic E-state index is 0.0720. The number of H-pyrrole nitrogens is 1. The number of hydrogen-bond donors (Lipinski definition) is 4. The van der Waals surface area contributed by atoms with E-state index in [1.54, 1.807) is 12.1 Å². The number of benzene rings is 1. The number of rotatable bonds is 2. The third kappa shape index (κ3) is 2.29. The van der Waals surface area contributed by atoms with Gasteiger partial charge < -0.3 is 21.4 Å². The van der Waals surface area contributed by atoms with Crippen LogP contribution in [0.5, 0.6) is 0 Å². The van der Waals surface area contributed by atoms with E-state index in [4.69, 9.17) is 5.73 Å². The highest BCUT2D eigenvalue weighted by atomic mass is 16.1. The number of aromatic amines is 1. The Morgan fingerprint density at radius 3 is 2.95 bits per heavy atom. The molecule has 0 saturated carbocycles. The normalized spacial score (nSPS) is 18.8. The van der Waals surface area contributed by atoms with Crippen molar-refractivity contribution in [2.75, 3.05) is 17.6 Å². The molecule has 1 atom stereocenters. The van der Waals surface area contributed by atoms with Gasteiger partial charge in [-0.05, 0) is 18.6 Å². The number of nitrogens with zero attached hydrogens (tertiary/aromatic N) is 1. The van der Waals surface area contributed by atoms with E-state index in [0.29, 0.717) is 29.6 Å². The number of nitrogen functional groups attached to an aromatic ring is 1. The summed E-state index contributed by atoms with van der Waals surface area (Å²) in [4.78, 5) is 29.4. The quantitative estimate of drug-likeness (QED) is 0.584. The minimum Gasteiger partial charge on any atom is -0.397 e. The molecule has 1 aromatic carbocycles. The first-order chi connectivity index (χ1) is 9.63. The molecule has 20 heavy (non-hydrogen) atoms. The largest absolute Gasteiger partial charge is 0.397 e. The van der Waals surface area contributed by atoms with Crippen LogP contribution >= 0.6 is 0 Å². The van der Waals surface area contributed by atoms with Gasteiger partial charge in [0, 0.05) is 19.0 Å². The second-order valence-corrected chi connectivity index (χ2v) is 4.87. The van der Waals surface area contributed by atoms with Gasteiger partial charge in [-0.2, -0.15) is 0 Å². The lowest BCUT2D eigenvalue weighted by Gasteiger charge is -2.25. The van der Waals surface area contributed by atoms with Crippen molar-refractivity contribution in [3.63, 3.8) is 0 Å². The van der Waals surface area contributed by atoms with Crippen LogP contribution < -0.4 is 21.9 Å². The summed E-state index contributed by atoms with van der Waals surface area (Å²) in [6, 6.07) is 3.51. The van der Waals surface area contributed by atoms with Crippen LogP contribution in [0.15, 0.2) is 23.3 Å². The average Bonchev–Trinajstić information content (AvgIpc) is 2.43. The molecule has 1 fully saturated rings. The Hall–Kier alpha value is -2.57. The molecular weight excluding hydrogens is 258 g/mol. The molecule has 5 N–H and O–H groups in total. The van der Waals surface area contributed by atoms with Crippen LogP contribution in [0.4, 0.5) is 11.4 Å². The summed E-state index contributed by atoms with van der Waals surface area (Å²) in [5.74, 6) is 0.0720. The summed E-state index contributed by atoms with van der Waals surface area (Å²) in [6.45, 7) is 0.569. The SMILES string of the molecule is Nc1cc2c(=O)[nH]cnc2cc1NC1CCC(=O)NC1. The maximum Gasteiger partial charge on any atom is 0.258 e. The molecule has 0 spiro atoms. The molecule has 0 aliphatic carbocycles. The third-order valence-electron chi connectivity index (χ3n) is 3.44. The average molecular weight is 273 g/mol. The van der Waals surface area contributed by atoms with Gasteiger partial charge in [0.1, 0.15) is 0 Å². The molecule has 7 nitrogen and oxygen atoms in total. The van der Waals surface area contributed by atoms with Gasteiger partial charge >= 0.3 is 0 Å². The van der Waals surface area contributed by atoms with Crippen LogP contribution in [0, 0.1) is 0 Å². The second kappa shape index (κ2) is 4.84. The number of piperidine rings is 1. The van der Waals surface area contributed by atoms with Gasteiger partial charge in [0.25, 0.3) is 5.56 Å². The van der Waals surface area contributed by atoms with Crippen molar-refractivity contribution in [3.05, 3.63) is 28.8 Å². The molecule has 1 aromatic heterocycles. The van der Waals surface area contributed by atoms with E-state index in [0.717, 1.165) is 12.1 Å². The Morgan fingerprint density at radius 2 is 2.20 bits per heavy atom. The monoisotopic (exact) mass is 273 g/mol. The second-order valence-electron chi connectivity index (χ2n) is 4.87. The van der Waals surface area contributed by atoms with E-state index in [1.165, 1.54) is 6.33 Å². The maximum absolute atomic E-state index is 11.6. The molecule has 1 saturated heterocycles. The minimum atomic E-state index is -0.210. The van der Waals surface area contributed by atoms with Gasteiger partial charge in [0.15, 0.2) is 0 Å². The van der Waals surface area contributed by atoms with Gasteiger partial charge in [-0.1, -0.05) is 0 Å². The lowest BCUT2D eigenvalue weighted by molar-refractivity contribution is -0.122. The number of carbonyl (C=O) groups is 1. The van der Waals surface area contributed by atoms with Gasteiger partial charge in [0.2, 0.25) is 5.91 Å². The molecule has 7 heteroatoms. The van der Waals surface area contributed by atoms with E-state index in [9.17, 15) is 9.59 Å². The lowest BCUT2D eigenvalue weighted by Crippen LogP contribution is -2.42. The first-order valence-corrected chi connectivity index (χ1v) is 6.43. The van der Waals surface area contributed by atoms with Crippen molar-refractivity contribution in [2.45, 2.75) is 18.9 Å². The fourth-order valence-corrected chi connectivity index (χ4v) is 2.33. The molecule has 1 aliphatic rings. The number of amides is 1. The molecule has 104 valence electrons. The molecule has 1 amide bonds. The topological polar surface area (TPSA) is 113 Å². The summed E-state index contributed by atoms with van der Waals surface area (Å²) >= 11 is 0. The van der Waals surface area contributed by atoms with E-state index < -0.39 is 0 Å². The van der Waals surface area contributed by atoms with Crippen molar-refractivity contribution < 1.29 is 4.79 Å². The summed E-state index contributed by atoms with van der Waals surface area (Å²) in [6.07, 6.45) is 2.63. The van der Waals surface area contributed by atoms with Gasteiger partial charge in [0.05, 0.1) is 28.6 Å². The van der Waals surface area contributed by atoms with Crippen LogP contribution in [0.2, 0.25) is 0 Å². The summed E-state index contributed by atoms with van der Waals surface area (Å²) in [5.41, 5.74) is 7.57. The highest BCUT2D eigenvalue weighted by Gasteiger charge is 2.18. The van der Waals surface area contributed by atoms with Crippen LogP contribution in [-0.2, 0) is 4.79 Å². The van der Waals surface area contributed by atoms with Crippen LogP contribution in [-0.4, -0.2) is 28.5 Å². The highest BCUT2D eigenvalue weighted by Crippen LogP contribution is 2.24. The molecular formula is C13H15N5O2. The Kier molecular flexibility index (Phi) is 3.02. The Bertz CT molecular complexity index is 714. The number of fused-ring (bicyclic) bond motifs is 1. The summed E-state index contributed by atoms with van der Waals surface area (Å²) in [7, 11) is 0. The number of aromatic nitrogens is 2. The number of hydrogen-bond acceptors (Lipinski definition) is 5. The van der Waals surface area contributed by atoms with Crippen LogP contribution in [0.3, 0.4) is 0 Å².